The van der Waals surface area contributed by atoms with E-state index in [1.54, 1.807) is 11.4 Å². The van der Waals surface area contributed by atoms with Crippen LogP contribution in [0, 0.1) is 0 Å². The number of anilines is 1. The fourth-order valence-electron chi connectivity index (χ4n) is 1.30. The van der Waals surface area contributed by atoms with Crippen molar-refractivity contribution in [3.8, 4) is 0 Å². The molecule has 0 fully saturated rings. The normalized spacial score (nSPS) is 10.2. The maximum absolute atomic E-state index is 11.8. The number of carbonyl (C=O) groups excluding carboxylic acids is 2. The summed E-state index contributed by atoms with van der Waals surface area (Å²) in [6, 6.07) is 3.08. The number of amides is 2. The highest BCUT2D eigenvalue weighted by Crippen LogP contribution is 2.17. The first-order chi connectivity index (χ1) is 9.04. The standard InChI is InChI=1S/C11H9ClN4O2S/c12-8-2-1-6(4-14-8)10(18)16-11-15-7(5-19-11)3-9(13)17/h1-2,4-5H,3H2,(H2,13,17)(H,15,16,18). The van der Waals surface area contributed by atoms with E-state index in [4.69, 9.17) is 17.3 Å². The van der Waals surface area contributed by atoms with Gasteiger partial charge >= 0.3 is 0 Å². The van der Waals surface area contributed by atoms with E-state index in [0.717, 1.165) is 0 Å². The van der Waals surface area contributed by atoms with Gasteiger partial charge in [-0.25, -0.2) is 9.97 Å². The summed E-state index contributed by atoms with van der Waals surface area (Å²) in [4.78, 5) is 30.5. The fourth-order valence-corrected chi connectivity index (χ4v) is 2.12. The second kappa shape index (κ2) is 5.77. The zero-order valence-electron chi connectivity index (χ0n) is 9.59. The number of thiazole rings is 1. The minimum atomic E-state index is -0.468. The summed E-state index contributed by atoms with van der Waals surface area (Å²) >= 11 is 6.85. The smallest absolute Gasteiger partial charge is 0.259 e. The summed E-state index contributed by atoms with van der Waals surface area (Å²) in [7, 11) is 0. The third-order valence-electron chi connectivity index (χ3n) is 2.12. The van der Waals surface area contributed by atoms with Gasteiger partial charge in [0.15, 0.2) is 5.13 Å². The van der Waals surface area contributed by atoms with Gasteiger partial charge in [-0.15, -0.1) is 11.3 Å². The Morgan fingerprint density at radius 3 is 2.84 bits per heavy atom. The third kappa shape index (κ3) is 3.73. The number of hydrogen-bond acceptors (Lipinski definition) is 5. The van der Waals surface area contributed by atoms with Gasteiger partial charge in [0, 0.05) is 11.6 Å². The summed E-state index contributed by atoms with van der Waals surface area (Å²) in [6.45, 7) is 0. The lowest BCUT2D eigenvalue weighted by atomic mass is 10.3. The number of hydrogen-bond donors (Lipinski definition) is 2. The van der Waals surface area contributed by atoms with Crippen LogP contribution in [0.4, 0.5) is 5.13 Å². The third-order valence-corrected chi connectivity index (χ3v) is 3.15. The molecule has 8 heteroatoms. The maximum Gasteiger partial charge on any atom is 0.259 e. The molecule has 0 aliphatic heterocycles. The highest BCUT2D eigenvalue weighted by molar-refractivity contribution is 7.14. The molecule has 0 aliphatic carbocycles. The van der Waals surface area contributed by atoms with Crippen molar-refractivity contribution in [3.63, 3.8) is 0 Å². The van der Waals surface area contributed by atoms with Crippen LogP contribution in [0.1, 0.15) is 16.1 Å². The number of primary amides is 1. The number of aromatic nitrogens is 2. The molecule has 0 radical (unpaired) electrons. The van der Waals surface area contributed by atoms with Gasteiger partial charge in [-0.05, 0) is 12.1 Å². The fraction of sp³-hybridized carbons (Fsp3) is 0.0909. The monoisotopic (exact) mass is 296 g/mol. The van der Waals surface area contributed by atoms with Crippen molar-refractivity contribution in [2.24, 2.45) is 5.73 Å². The SMILES string of the molecule is NC(=O)Cc1csc(NC(=O)c2ccc(Cl)nc2)n1. The lowest BCUT2D eigenvalue weighted by molar-refractivity contribution is -0.117. The van der Waals surface area contributed by atoms with Crippen molar-refractivity contribution in [2.75, 3.05) is 5.32 Å². The molecule has 2 rings (SSSR count). The number of rotatable bonds is 4. The second-order valence-electron chi connectivity index (χ2n) is 3.61. The average Bonchev–Trinajstić information content (AvgIpc) is 2.76. The van der Waals surface area contributed by atoms with Crippen LogP contribution in [0.25, 0.3) is 0 Å². The van der Waals surface area contributed by atoms with Crippen molar-refractivity contribution in [2.45, 2.75) is 6.42 Å². The molecule has 0 atom stereocenters. The molecule has 3 N–H and O–H groups in total. The number of halogens is 1. The van der Waals surface area contributed by atoms with Crippen LogP contribution in [0.15, 0.2) is 23.7 Å². The Balaban J connectivity index is 2.04. The zero-order chi connectivity index (χ0) is 13.8. The highest BCUT2D eigenvalue weighted by atomic mass is 35.5. The van der Waals surface area contributed by atoms with Gasteiger partial charge in [-0.3, -0.25) is 14.9 Å². The van der Waals surface area contributed by atoms with Crippen LogP contribution in [0.2, 0.25) is 5.15 Å². The molecule has 2 amide bonds. The van der Waals surface area contributed by atoms with Crippen LogP contribution >= 0.6 is 22.9 Å². The predicted octanol–water partition coefficient (Wildman–Crippen LogP) is 1.47. The molecule has 98 valence electrons. The van der Waals surface area contributed by atoms with E-state index in [-0.39, 0.29) is 12.3 Å². The highest BCUT2D eigenvalue weighted by Gasteiger charge is 2.10. The number of carbonyl (C=O) groups is 2. The van der Waals surface area contributed by atoms with Crippen LogP contribution in [0.5, 0.6) is 0 Å². The summed E-state index contributed by atoms with van der Waals surface area (Å²) < 4.78 is 0. The van der Waals surface area contributed by atoms with E-state index in [1.807, 2.05) is 0 Å². The molecular formula is C11H9ClN4O2S. The Morgan fingerprint density at radius 1 is 1.42 bits per heavy atom. The van der Waals surface area contributed by atoms with Gasteiger partial charge < -0.3 is 5.73 Å². The second-order valence-corrected chi connectivity index (χ2v) is 4.86. The summed E-state index contributed by atoms with van der Waals surface area (Å²) in [5.74, 6) is -0.811. The molecule has 0 aliphatic rings. The molecule has 0 bridgehead atoms. The van der Waals surface area contributed by atoms with Gasteiger partial charge in [-0.2, -0.15) is 0 Å². The summed E-state index contributed by atoms with van der Waals surface area (Å²) in [5.41, 5.74) is 5.96. The first kappa shape index (κ1) is 13.4. The van der Waals surface area contributed by atoms with Crippen LogP contribution in [-0.2, 0) is 11.2 Å². The Morgan fingerprint density at radius 2 is 2.21 bits per heavy atom. The molecule has 2 aromatic heterocycles. The molecule has 2 aromatic rings. The van der Waals surface area contributed by atoms with Crippen LogP contribution in [0.3, 0.4) is 0 Å². The van der Waals surface area contributed by atoms with Crippen molar-refractivity contribution in [3.05, 3.63) is 40.1 Å². The lowest BCUT2D eigenvalue weighted by Gasteiger charge is -2.00. The Kier molecular flexibility index (Phi) is 4.08. The molecule has 0 spiro atoms. The predicted molar refractivity (Wildman–Crippen MR) is 72.2 cm³/mol. The maximum atomic E-state index is 11.8. The molecular weight excluding hydrogens is 288 g/mol. The molecule has 2 heterocycles. The van der Waals surface area contributed by atoms with E-state index in [0.29, 0.717) is 21.5 Å². The zero-order valence-corrected chi connectivity index (χ0v) is 11.2. The Labute approximate surface area is 117 Å². The van der Waals surface area contributed by atoms with Crippen LogP contribution in [-0.4, -0.2) is 21.8 Å². The van der Waals surface area contributed by atoms with Gasteiger partial charge in [0.05, 0.1) is 17.7 Å². The minimum Gasteiger partial charge on any atom is -0.369 e. The van der Waals surface area contributed by atoms with Crippen molar-refractivity contribution in [1.29, 1.82) is 0 Å². The quantitative estimate of drug-likeness (QED) is 0.835. The largest absolute Gasteiger partial charge is 0.369 e. The summed E-state index contributed by atoms with van der Waals surface area (Å²) in [5, 5.41) is 4.99. The first-order valence-electron chi connectivity index (χ1n) is 5.20. The molecule has 19 heavy (non-hydrogen) atoms. The number of pyridine rings is 1. The van der Waals surface area contributed by atoms with E-state index >= 15 is 0 Å². The summed E-state index contributed by atoms with van der Waals surface area (Å²) in [6.07, 6.45) is 1.42. The molecule has 0 saturated heterocycles. The van der Waals surface area contributed by atoms with Crippen molar-refractivity contribution in [1.82, 2.24) is 9.97 Å². The molecule has 0 saturated carbocycles. The lowest BCUT2D eigenvalue weighted by Crippen LogP contribution is -2.14. The number of nitrogens with two attached hydrogens (primary N) is 1. The minimum absolute atomic E-state index is 0.0505. The van der Waals surface area contributed by atoms with Gasteiger partial charge in [0.2, 0.25) is 5.91 Å². The number of nitrogens with one attached hydrogen (secondary N) is 1. The van der Waals surface area contributed by atoms with E-state index in [1.165, 1.54) is 23.6 Å². The topological polar surface area (TPSA) is 98.0 Å². The van der Waals surface area contributed by atoms with Gasteiger partial charge in [-0.1, -0.05) is 11.6 Å². The van der Waals surface area contributed by atoms with E-state index in [2.05, 4.69) is 15.3 Å². The molecule has 0 unspecified atom stereocenters. The van der Waals surface area contributed by atoms with E-state index in [9.17, 15) is 9.59 Å². The van der Waals surface area contributed by atoms with Crippen molar-refractivity contribution >= 4 is 39.9 Å². The van der Waals surface area contributed by atoms with E-state index < -0.39 is 5.91 Å². The van der Waals surface area contributed by atoms with Gasteiger partial charge in [0.1, 0.15) is 5.15 Å². The van der Waals surface area contributed by atoms with Crippen LogP contribution < -0.4 is 11.1 Å². The van der Waals surface area contributed by atoms with Gasteiger partial charge in [0.25, 0.3) is 5.91 Å². The van der Waals surface area contributed by atoms with Crippen molar-refractivity contribution < 1.29 is 9.59 Å². The molecule has 6 nitrogen and oxygen atoms in total. The molecule has 0 aromatic carbocycles. The Bertz CT molecular complexity index is 611. The Hall–Kier alpha value is -1.99. The first-order valence-corrected chi connectivity index (χ1v) is 6.46. The average molecular weight is 297 g/mol. The number of nitrogens with zero attached hydrogens (tertiary/aromatic N) is 2.